The molecule has 1 aliphatic heterocycles. The third-order valence-electron chi connectivity index (χ3n) is 4.36. The minimum atomic E-state index is -0.602. The number of amides is 2. The van der Waals surface area contributed by atoms with Crippen molar-refractivity contribution in [1.82, 2.24) is 15.2 Å². The zero-order valence-corrected chi connectivity index (χ0v) is 16.0. The number of aromatic nitrogens is 1. The van der Waals surface area contributed by atoms with Crippen LogP contribution in [0, 0.1) is 0 Å². The van der Waals surface area contributed by atoms with Gasteiger partial charge in [0.2, 0.25) is 0 Å². The molecule has 10 nitrogen and oxygen atoms in total. The summed E-state index contributed by atoms with van der Waals surface area (Å²) in [6, 6.07) is 5.79. The summed E-state index contributed by atoms with van der Waals surface area (Å²) in [7, 11) is 0. The molecule has 1 aromatic carbocycles. The maximum absolute atomic E-state index is 12.2. The number of carbonyl (C=O) groups is 3. The molecule has 0 fully saturated rings. The number of rotatable bonds is 7. The van der Waals surface area contributed by atoms with Crippen LogP contribution in [0.5, 0.6) is 0 Å². The second-order valence-electron chi connectivity index (χ2n) is 6.33. The molecule has 0 aliphatic carbocycles. The summed E-state index contributed by atoms with van der Waals surface area (Å²) in [5.74, 6) is -1.76. The van der Waals surface area contributed by atoms with E-state index in [1.807, 2.05) is 0 Å². The fraction of sp³-hybridized carbons (Fsp3) is 0.368. The van der Waals surface area contributed by atoms with Crippen LogP contribution >= 0.6 is 0 Å². The molecule has 2 heterocycles. The molecule has 154 valence electrons. The molecule has 10 heteroatoms. The summed E-state index contributed by atoms with van der Waals surface area (Å²) in [5, 5.41) is 5.03. The van der Waals surface area contributed by atoms with E-state index in [0.717, 1.165) is 0 Å². The van der Waals surface area contributed by atoms with Gasteiger partial charge < -0.3 is 24.5 Å². The fourth-order valence-corrected chi connectivity index (χ4v) is 3.05. The van der Waals surface area contributed by atoms with E-state index < -0.39 is 29.8 Å². The number of benzene rings is 1. The van der Waals surface area contributed by atoms with Crippen LogP contribution in [0.15, 0.2) is 44.7 Å². The van der Waals surface area contributed by atoms with Crippen molar-refractivity contribution in [2.45, 2.75) is 32.9 Å². The van der Waals surface area contributed by atoms with Crippen molar-refractivity contribution in [3.05, 3.63) is 46.1 Å². The van der Waals surface area contributed by atoms with Crippen LogP contribution in [0.3, 0.4) is 0 Å². The monoisotopic (exact) mass is 403 g/mol. The predicted molar refractivity (Wildman–Crippen MR) is 101 cm³/mol. The zero-order chi connectivity index (χ0) is 21.0. The number of fused-ring (bicyclic) bond motifs is 1. The summed E-state index contributed by atoms with van der Waals surface area (Å²) < 4.78 is 16.6. The molecule has 0 bridgehead atoms. The Bertz CT molecular complexity index is 1030. The van der Waals surface area contributed by atoms with Gasteiger partial charge in [-0.2, -0.15) is 0 Å². The molecular formula is C19H21N3O7. The lowest BCUT2D eigenvalue weighted by molar-refractivity contribution is -0.144. The van der Waals surface area contributed by atoms with Crippen LogP contribution in [-0.4, -0.2) is 41.8 Å². The Kier molecular flexibility index (Phi) is 6.01. The van der Waals surface area contributed by atoms with Gasteiger partial charge in [-0.25, -0.2) is 14.4 Å². The molecule has 0 saturated carbocycles. The molecule has 1 atom stereocenters. The number of nitrogens with zero attached hydrogens (tertiary/aromatic N) is 1. The van der Waals surface area contributed by atoms with E-state index >= 15 is 0 Å². The van der Waals surface area contributed by atoms with Gasteiger partial charge in [0.05, 0.1) is 35.9 Å². The van der Waals surface area contributed by atoms with Gasteiger partial charge in [0, 0.05) is 6.54 Å². The Balaban J connectivity index is 1.66. The van der Waals surface area contributed by atoms with E-state index in [4.69, 9.17) is 13.9 Å². The number of carbonyl (C=O) groups excluding carboxylic acids is 3. The number of para-hydroxylation sites is 2. The predicted octanol–water partition coefficient (Wildman–Crippen LogP) is 1.05. The first-order chi connectivity index (χ1) is 13.9. The highest BCUT2D eigenvalue weighted by Gasteiger charge is 2.30. The average molecular weight is 403 g/mol. The smallest absolute Gasteiger partial charge is 0.419 e. The summed E-state index contributed by atoms with van der Waals surface area (Å²) >= 11 is 0. The molecule has 1 aromatic heterocycles. The molecule has 2 N–H and O–H groups in total. The second-order valence-corrected chi connectivity index (χ2v) is 6.33. The lowest BCUT2D eigenvalue weighted by Gasteiger charge is -2.26. The number of nitrogens with one attached hydrogen (secondary N) is 2. The van der Waals surface area contributed by atoms with Gasteiger partial charge in [0.15, 0.2) is 5.58 Å². The second kappa shape index (κ2) is 8.63. The SMILES string of the molecule is CCOC(=O)C1=C(COC(=O)CCn2c(=O)oc3ccccc32)NC(=O)N[C@H]1C. The van der Waals surface area contributed by atoms with Gasteiger partial charge in [0.1, 0.15) is 6.61 Å². The van der Waals surface area contributed by atoms with Gasteiger partial charge in [0.25, 0.3) is 0 Å². The van der Waals surface area contributed by atoms with Crippen LogP contribution in [0.25, 0.3) is 11.1 Å². The number of ether oxygens (including phenoxy) is 2. The van der Waals surface area contributed by atoms with Crippen molar-refractivity contribution < 1.29 is 28.3 Å². The zero-order valence-electron chi connectivity index (χ0n) is 16.0. The largest absolute Gasteiger partial charge is 0.463 e. The molecular weight excluding hydrogens is 382 g/mol. The molecule has 2 amide bonds. The molecule has 1 aliphatic rings. The molecule has 2 aromatic rings. The highest BCUT2D eigenvalue weighted by molar-refractivity contribution is 5.94. The summed E-state index contributed by atoms with van der Waals surface area (Å²) in [6.07, 6.45) is -0.0901. The number of aryl methyl sites for hydroxylation is 1. The summed E-state index contributed by atoms with van der Waals surface area (Å²) in [4.78, 5) is 48.0. The molecule has 29 heavy (non-hydrogen) atoms. The van der Waals surface area contributed by atoms with Gasteiger partial charge in [-0.1, -0.05) is 12.1 Å². The van der Waals surface area contributed by atoms with E-state index in [1.54, 1.807) is 38.1 Å². The third kappa shape index (κ3) is 4.48. The number of urea groups is 1. The van der Waals surface area contributed by atoms with Crippen molar-refractivity contribution in [3.63, 3.8) is 0 Å². The minimum Gasteiger partial charge on any atom is -0.463 e. The summed E-state index contributed by atoms with van der Waals surface area (Å²) in [6.45, 7) is 3.24. The first kappa shape index (κ1) is 20.2. The van der Waals surface area contributed by atoms with Crippen molar-refractivity contribution in [1.29, 1.82) is 0 Å². The Morgan fingerprint density at radius 3 is 2.72 bits per heavy atom. The molecule has 0 radical (unpaired) electrons. The van der Waals surface area contributed by atoms with Gasteiger partial charge in [-0.05, 0) is 26.0 Å². The first-order valence-electron chi connectivity index (χ1n) is 9.12. The number of oxazole rings is 1. The van der Waals surface area contributed by atoms with Crippen LogP contribution in [-0.2, 0) is 25.6 Å². The number of hydrogen-bond donors (Lipinski definition) is 2. The number of hydrogen-bond acceptors (Lipinski definition) is 7. The topological polar surface area (TPSA) is 129 Å². The van der Waals surface area contributed by atoms with E-state index in [2.05, 4.69) is 10.6 Å². The average Bonchev–Trinajstić information content (AvgIpc) is 2.99. The van der Waals surface area contributed by atoms with Gasteiger partial charge in [-0.3, -0.25) is 9.36 Å². The van der Waals surface area contributed by atoms with Crippen LogP contribution in [0.4, 0.5) is 4.79 Å². The fourth-order valence-electron chi connectivity index (χ4n) is 3.05. The molecule has 0 unspecified atom stereocenters. The Morgan fingerprint density at radius 2 is 1.97 bits per heavy atom. The van der Waals surface area contributed by atoms with Crippen molar-refractivity contribution >= 4 is 29.1 Å². The van der Waals surface area contributed by atoms with E-state index in [-0.39, 0.29) is 37.4 Å². The molecule has 3 rings (SSSR count). The first-order valence-corrected chi connectivity index (χ1v) is 9.12. The maximum Gasteiger partial charge on any atom is 0.419 e. The van der Waals surface area contributed by atoms with Crippen molar-refractivity contribution in [2.75, 3.05) is 13.2 Å². The van der Waals surface area contributed by atoms with Gasteiger partial charge >= 0.3 is 23.7 Å². The lowest BCUT2D eigenvalue weighted by Crippen LogP contribution is -2.50. The maximum atomic E-state index is 12.2. The quantitative estimate of drug-likeness (QED) is 0.661. The third-order valence-corrected chi connectivity index (χ3v) is 4.36. The van der Waals surface area contributed by atoms with Crippen molar-refractivity contribution in [2.24, 2.45) is 0 Å². The Hall–Kier alpha value is -3.56. The highest BCUT2D eigenvalue weighted by Crippen LogP contribution is 2.15. The Labute approximate surface area is 165 Å². The van der Waals surface area contributed by atoms with E-state index in [9.17, 15) is 19.2 Å². The molecule has 0 saturated heterocycles. The normalized spacial score (nSPS) is 16.3. The van der Waals surface area contributed by atoms with E-state index in [1.165, 1.54) is 4.57 Å². The number of esters is 2. The Morgan fingerprint density at radius 1 is 1.21 bits per heavy atom. The van der Waals surface area contributed by atoms with Crippen LogP contribution in [0.2, 0.25) is 0 Å². The summed E-state index contributed by atoms with van der Waals surface area (Å²) in [5.41, 5.74) is 1.37. The minimum absolute atomic E-state index is 0.0722. The van der Waals surface area contributed by atoms with Crippen LogP contribution < -0.4 is 16.4 Å². The highest BCUT2D eigenvalue weighted by atomic mass is 16.5. The molecule has 0 spiro atoms. The van der Waals surface area contributed by atoms with Crippen LogP contribution in [0.1, 0.15) is 20.3 Å². The van der Waals surface area contributed by atoms with Crippen molar-refractivity contribution in [3.8, 4) is 0 Å². The van der Waals surface area contributed by atoms with Gasteiger partial charge in [-0.15, -0.1) is 0 Å². The lowest BCUT2D eigenvalue weighted by atomic mass is 10.0. The van der Waals surface area contributed by atoms with E-state index in [0.29, 0.717) is 11.1 Å². The standard InChI is InChI=1S/C19H21N3O7/c1-3-27-17(24)16-11(2)20-18(25)21-12(16)10-28-15(23)8-9-22-13-6-4-5-7-14(13)29-19(22)26/h4-7,11H,3,8-10H2,1-2H3,(H2,20,21,25)/t11-/m0/s1.